The SMILES string of the molecule is O=C(CCCCCCCCCBr)[C]1[CH][CH][CH][CH]1. The van der Waals surface area contributed by atoms with Gasteiger partial charge in [-0.2, -0.15) is 0 Å². The fourth-order valence-electron chi connectivity index (χ4n) is 1.97. The van der Waals surface area contributed by atoms with E-state index in [1.807, 2.05) is 25.7 Å². The molecule has 17 heavy (non-hydrogen) atoms. The van der Waals surface area contributed by atoms with Crippen molar-refractivity contribution in [1.29, 1.82) is 0 Å². The van der Waals surface area contributed by atoms with Crippen molar-refractivity contribution < 1.29 is 4.79 Å². The van der Waals surface area contributed by atoms with E-state index in [-0.39, 0.29) is 0 Å². The summed E-state index contributed by atoms with van der Waals surface area (Å²) in [7, 11) is 0. The Kier molecular flexibility index (Phi) is 9.04. The van der Waals surface area contributed by atoms with Crippen molar-refractivity contribution in [3.05, 3.63) is 31.6 Å². The maximum absolute atomic E-state index is 11.7. The minimum atomic E-state index is 0.300. The van der Waals surface area contributed by atoms with E-state index in [0.29, 0.717) is 12.2 Å². The van der Waals surface area contributed by atoms with E-state index < -0.39 is 0 Å². The molecule has 0 heterocycles. The predicted molar refractivity (Wildman–Crippen MR) is 76.2 cm³/mol. The summed E-state index contributed by atoms with van der Waals surface area (Å²) in [6.07, 6.45) is 17.2. The zero-order chi connectivity index (χ0) is 12.3. The quantitative estimate of drug-likeness (QED) is 0.429. The number of Topliss-reactive ketones (excluding diaryl/α,β-unsaturated/α-hetero) is 1. The highest BCUT2D eigenvalue weighted by Crippen LogP contribution is 2.25. The van der Waals surface area contributed by atoms with Crippen LogP contribution in [0.25, 0.3) is 0 Å². The van der Waals surface area contributed by atoms with Crippen LogP contribution in [0.5, 0.6) is 0 Å². The van der Waals surface area contributed by atoms with Gasteiger partial charge < -0.3 is 0 Å². The average molecular weight is 298 g/mol. The molecular formula is C15H22BrO. The third-order valence-corrected chi connectivity index (χ3v) is 3.58. The van der Waals surface area contributed by atoms with Crippen molar-refractivity contribution in [2.75, 3.05) is 5.33 Å². The summed E-state index contributed by atoms with van der Waals surface area (Å²) in [6.45, 7) is 0. The zero-order valence-electron chi connectivity index (χ0n) is 10.5. The van der Waals surface area contributed by atoms with Crippen LogP contribution in [0.4, 0.5) is 0 Å². The van der Waals surface area contributed by atoms with Gasteiger partial charge in [0, 0.05) is 17.7 Å². The summed E-state index contributed by atoms with van der Waals surface area (Å²) >= 11 is 3.44. The molecule has 0 atom stereocenters. The average Bonchev–Trinajstić information content (AvgIpc) is 2.86. The number of carbonyl (C=O) groups excluding carboxylic acids is 1. The molecule has 0 aliphatic heterocycles. The number of hydrogen-bond donors (Lipinski definition) is 0. The van der Waals surface area contributed by atoms with Crippen LogP contribution in [-0.2, 0) is 4.79 Å². The van der Waals surface area contributed by atoms with E-state index in [1.54, 1.807) is 0 Å². The Bertz CT molecular complexity index is 197. The summed E-state index contributed by atoms with van der Waals surface area (Å²) in [5.74, 6) is 1.18. The second-order valence-corrected chi connectivity index (χ2v) is 5.30. The second-order valence-electron chi connectivity index (χ2n) is 4.51. The molecule has 1 aliphatic rings. The summed E-state index contributed by atoms with van der Waals surface area (Å²) in [4.78, 5) is 11.7. The third-order valence-electron chi connectivity index (χ3n) is 3.02. The van der Waals surface area contributed by atoms with E-state index >= 15 is 0 Å². The topological polar surface area (TPSA) is 17.1 Å². The predicted octanol–water partition coefficient (Wildman–Crippen LogP) is 4.48. The fraction of sp³-hybridized carbons (Fsp3) is 0.600. The summed E-state index contributed by atoms with van der Waals surface area (Å²) in [6, 6.07) is 0. The largest absolute Gasteiger partial charge is 0.299 e. The highest BCUT2D eigenvalue weighted by molar-refractivity contribution is 9.09. The van der Waals surface area contributed by atoms with E-state index in [4.69, 9.17) is 0 Å². The molecule has 0 bridgehead atoms. The van der Waals surface area contributed by atoms with Gasteiger partial charge in [-0.05, 0) is 38.5 Å². The molecule has 0 amide bonds. The first-order chi connectivity index (χ1) is 8.34. The minimum absolute atomic E-state index is 0.300. The second kappa shape index (κ2) is 10.1. The van der Waals surface area contributed by atoms with Gasteiger partial charge in [0.25, 0.3) is 0 Å². The fourth-order valence-corrected chi connectivity index (χ4v) is 2.36. The molecular weight excluding hydrogens is 276 g/mol. The number of hydrogen-bond acceptors (Lipinski definition) is 1. The van der Waals surface area contributed by atoms with Crippen molar-refractivity contribution in [2.24, 2.45) is 0 Å². The van der Waals surface area contributed by atoms with Gasteiger partial charge in [-0.15, -0.1) is 0 Å². The van der Waals surface area contributed by atoms with Crippen molar-refractivity contribution >= 4 is 21.7 Å². The molecule has 95 valence electrons. The lowest BCUT2D eigenvalue weighted by atomic mass is 9.97. The molecule has 5 radical (unpaired) electrons. The Labute approximate surface area is 115 Å². The third kappa shape index (κ3) is 7.23. The molecule has 1 aliphatic carbocycles. The van der Waals surface area contributed by atoms with Crippen LogP contribution in [-0.4, -0.2) is 11.1 Å². The first-order valence-electron chi connectivity index (χ1n) is 6.65. The molecule has 0 unspecified atom stereocenters. The highest BCUT2D eigenvalue weighted by atomic mass is 79.9. The van der Waals surface area contributed by atoms with Crippen molar-refractivity contribution in [1.82, 2.24) is 0 Å². The number of carbonyl (C=O) groups is 1. The summed E-state index contributed by atoms with van der Waals surface area (Å²) in [5, 5.41) is 1.13. The van der Waals surface area contributed by atoms with E-state index in [2.05, 4.69) is 15.9 Å². The first-order valence-corrected chi connectivity index (χ1v) is 7.77. The normalized spacial score (nSPS) is 16.5. The van der Waals surface area contributed by atoms with Crippen LogP contribution >= 0.6 is 15.9 Å². The van der Waals surface area contributed by atoms with Crippen LogP contribution in [0, 0.1) is 31.6 Å². The van der Waals surface area contributed by atoms with Gasteiger partial charge in [-0.3, -0.25) is 4.79 Å². The highest BCUT2D eigenvalue weighted by Gasteiger charge is 2.23. The van der Waals surface area contributed by atoms with Crippen LogP contribution in [0.15, 0.2) is 0 Å². The van der Waals surface area contributed by atoms with Gasteiger partial charge in [0.2, 0.25) is 0 Å². The molecule has 1 saturated carbocycles. The van der Waals surface area contributed by atoms with Gasteiger partial charge in [0.1, 0.15) is 5.78 Å². The lowest BCUT2D eigenvalue weighted by Gasteiger charge is -2.06. The Morgan fingerprint density at radius 3 is 2.00 bits per heavy atom. The molecule has 0 aromatic rings. The molecule has 0 N–H and O–H groups in total. The number of rotatable bonds is 10. The van der Waals surface area contributed by atoms with E-state index in [0.717, 1.165) is 17.7 Å². The van der Waals surface area contributed by atoms with Crippen LogP contribution in [0.2, 0.25) is 0 Å². The molecule has 2 heteroatoms. The lowest BCUT2D eigenvalue weighted by Crippen LogP contribution is -2.08. The number of unbranched alkanes of at least 4 members (excludes halogenated alkanes) is 6. The molecule has 1 fully saturated rings. The minimum Gasteiger partial charge on any atom is -0.299 e. The Balaban J connectivity index is 1.85. The maximum atomic E-state index is 11.7. The van der Waals surface area contributed by atoms with Gasteiger partial charge in [-0.1, -0.05) is 48.0 Å². The Morgan fingerprint density at radius 2 is 1.41 bits per heavy atom. The molecule has 1 rings (SSSR count). The van der Waals surface area contributed by atoms with Crippen LogP contribution < -0.4 is 0 Å². The zero-order valence-corrected chi connectivity index (χ0v) is 12.0. The molecule has 0 aromatic carbocycles. The molecule has 0 saturated heterocycles. The van der Waals surface area contributed by atoms with Crippen molar-refractivity contribution in [2.45, 2.75) is 51.4 Å². The number of ketones is 1. The van der Waals surface area contributed by atoms with E-state index in [9.17, 15) is 4.79 Å². The van der Waals surface area contributed by atoms with E-state index in [1.165, 1.54) is 38.5 Å². The molecule has 0 spiro atoms. The Morgan fingerprint density at radius 1 is 0.882 bits per heavy atom. The van der Waals surface area contributed by atoms with Gasteiger partial charge in [-0.25, -0.2) is 0 Å². The van der Waals surface area contributed by atoms with Crippen LogP contribution in [0.3, 0.4) is 0 Å². The van der Waals surface area contributed by atoms with Gasteiger partial charge in [0.15, 0.2) is 0 Å². The first kappa shape index (κ1) is 15.2. The number of halogens is 1. The van der Waals surface area contributed by atoms with Crippen molar-refractivity contribution in [3.63, 3.8) is 0 Å². The monoisotopic (exact) mass is 297 g/mol. The maximum Gasteiger partial charge on any atom is 0.140 e. The van der Waals surface area contributed by atoms with Gasteiger partial charge >= 0.3 is 0 Å². The molecule has 0 aromatic heterocycles. The summed E-state index contributed by atoms with van der Waals surface area (Å²) in [5.41, 5.74) is 0. The lowest BCUT2D eigenvalue weighted by molar-refractivity contribution is -0.116. The van der Waals surface area contributed by atoms with Crippen molar-refractivity contribution in [3.8, 4) is 0 Å². The molecule has 1 nitrogen and oxygen atoms in total. The number of alkyl halides is 1. The Hall–Kier alpha value is 0.150. The van der Waals surface area contributed by atoms with Gasteiger partial charge in [0.05, 0.1) is 0 Å². The smallest absolute Gasteiger partial charge is 0.140 e. The summed E-state index contributed by atoms with van der Waals surface area (Å²) < 4.78 is 0. The van der Waals surface area contributed by atoms with Crippen LogP contribution in [0.1, 0.15) is 51.4 Å². The standard InChI is InChI=1S/C15H22BrO/c16-13-9-5-3-1-2-4-6-12-15(17)14-10-7-8-11-14/h7-8,10-11H,1-6,9,12-13H2.